The van der Waals surface area contributed by atoms with Gasteiger partial charge >= 0.3 is 235 Å². The third kappa shape index (κ3) is 6.48. The van der Waals surface area contributed by atoms with Gasteiger partial charge in [0, 0.05) is 0 Å². The Balaban J connectivity index is 0.00000392. The quantitative estimate of drug-likeness (QED) is 0.156. The van der Waals surface area contributed by atoms with Crippen molar-refractivity contribution in [3.63, 3.8) is 0 Å². The summed E-state index contributed by atoms with van der Waals surface area (Å²) >= 11 is 2.78. The van der Waals surface area contributed by atoms with Gasteiger partial charge < -0.3 is 1.43 Å². The molecule has 0 saturated heterocycles. The molecule has 3 nitrogen and oxygen atoms in total. The molecule has 0 amide bonds. The Morgan fingerprint density at radius 1 is 0.286 bits per heavy atom. The normalized spacial score (nSPS) is 11.0. The maximum absolute atomic E-state index is 5.11. The van der Waals surface area contributed by atoms with Gasteiger partial charge in [-0.3, -0.25) is 0 Å². The van der Waals surface area contributed by atoms with E-state index in [0.29, 0.717) is 17.5 Å². The fraction of sp³-hybridized carbons (Fsp3) is 0. The summed E-state index contributed by atoms with van der Waals surface area (Å²) in [5.41, 5.74) is 12.0. The molecular formula is C45H32N3Se-. The summed E-state index contributed by atoms with van der Waals surface area (Å²) < 4.78 is 1.17. The van der Waals surface area contributed by atoms with Crippen molar-refractivity contribution in [1.29, 1.82) is 0 Å². The number of hydrogen-bond donors (Lipinski definition) is 0. The maximum atomic E-state index is 5.11. The van der Waals surface area contributed by atoms with Gasteiger partial charge in [0.2, 0.25) is 0 Å². The summed E-state index contributed by atoms with van der Waals surface area (Å²) in [6.45, 7) is 0. The van der Waals surface area contributed by atoms with Crippen LogP contribution in [0.3, 0.4) is 0 Å². The van der Waals surface area contributed by atoms with Gasteiger partial charge in [-0.25, -0.2) is 0 Å². The fourth-order valence-electron chi connectivity index (χ4n) is 6.15. The first kappa shape index (κ1) is 30.4. The Morgan fingerprint density at radius 3 is 1.04 bits per heavy atom. The monoisotopic (exact) mass is 696 g/mol. The second-order valence-electron chi connectivity index (χ2n) is 11.8. The van der Waals surface area contributed by atoms with E-state index in [1.807, 2.05) is 18.2 Å². The van der Waals surface area contributed by atoms with Crippen molar-refractivity contribution in [2.24, 2.45) is 0 Å². The standard InChI is InChI=1S/C45H31N3Se.H/c49-42-40(33-18-8-3-9-19-33)26-13-27-41(42)36-22-12-25-39(30-36)45-47-43(37-23-10-20-34(28-37)31-14-4-1-5-15-31)46-44(48-45)38-24-11-21-35(29-38)32-16-6-2-7-17-32;/h1-30,49H;/q;-1/i;1+2. The Kier molecular flexibility index (Phi) is 8.48. The molecule has 1 aromatic heterocycles. The molecule has 0 aliphatic heterocycles. The van der Waals surface area contributed by atoms with Gasteiger partial charge in [0.1, 0.15) is 0 Å². The van der Waals surface area contributed by atoms with E-state index in [4.69, 9.17) is 15.0 Å². The number of aromatic nitrogens is 3. The van der Waals surface area contributed by atoms with E-state index in [9.17, 15) is 0 Å². The third-order valence-corrected chi connectivity index (χ3v) is 9.65. The molecule has 0 unspecified atom stereocenters. The minimum atomic E-state index is 0. The van der Waals surface area contributed by atoms with Crippen LogP contribution in [0.25, 0.3) is 78.7 Å². The van der Waals surface area contributed by atoms with Gasteiger partial charge in [-0.2, -0.15) is 0 Å². The van der Waals surface area contributed by atoms with E-state index in [-0.39, 0.29) is 1.43 Å². The molecule has 4 heteroatoms. The Morgan fingerprint density at radius 2 is 0.592 bits per heavy atom. The van der Waals surface area contributed by atoms with Gasteiger partial charge in [-0.05, 0) is 0 Å². The zero-order valence-electron chi connectivity index (χ0n) is 27.6. The Labute approximate surface area is 296 Å². The molecule has 0 fully saturated rings. The van der Waals surface area contributed by atoms with Crippen LogP contribution in [0, 0.1) is 0 Å². The average molecular weight is 696 g/mol. The zero-order valence-corrected chi connectivity index (χ0v) is 28.5. The molecule has 0 saturated carbocycles. The second kappa shape index (κ2) is 13.7. The van der Waals surface area contributed by atoms with E-state index >= 15 is 0 Å². The van der Waals surface area contributed by atoms with Crippen LogP contribution < -0.4 is 4.46 Å². The van der Waals surface area contributed by atoms with Crippen LogP contribution in [-0.4, -0.2) is 31.0 Å². The van der Waals surface area contributed by atoms with Gasteiger partial charge in [0.05, 0.1) is 0 Å². The van der Waals surface area contributed by atoms with Crippen molar-refractivity contribution < 1.29 is 1.43 Å². The number of hydrogen-bond acceptors (Lipinski definition) is 3. The molecular weight excluding hydrogens is 661 g/mol. The fourth-order valence-corrected chi connectivity index (χ4v) is 7.01. The van der Waals surface area contributed by atoms with Crippen molar-refractivity contribution in [1.82, 2.24) is 15.0 Å². The third-order valence-electron chi connectivity index (χ3n) is 8.64. The predicted molar refractivity (Wildman–Crippen MR) is 206 cm³/mol. The molecule has 0 aliphatic rings. The number of rotatable bonds is 7. The van der Waals surface area contributed by atoms with E-state index in [2.05, 4.69) is 180 Å². The SMILES string of the molecule is [3H-].[SeH]c1c(-c2ccccc2)cccc1-c1cccc(-c2nc(-c3cccc(-c4ccccc4)c3)nc(-c3cccc(-c4ccccc4)c3)n2)c1. The average Bonchev–Trinajstić information content (AvgIpc) is 3.19. The van der Waals surface area contributed by atoms with Crippen molar-refractivity contribution in [3.8, 4) is 78.7 Å². The van der Waals surface area contributed by atoms with E-state index in [0.717, 1.165) is 50.1 Å². The first-order valence-corrected chi connectivity index (χ1v) is 17.2. The van der Waals surface area contributed by atoms with Gasteiger partial charge in [0.25, 0.3) is 0 Å². The summed E-state index contributed by atoms with van der Waals surface area (Å²) in [4.78, 5) is 15.3. The van der Waals surface area contributed by atoms with Gasteiger partial charge in [0.15, 0.2) is 0 Å². The number of nitrogens with zero attached hydrogens (tertiary/aromatic N) is 3. The molecule has 234 valence electrons. The molecule has 0 aliphatic carbocycles. The predicted octanol–water partition coefficient (Wildman–Crippen LogP) is 10.2. The van der Waals surface area contributed by atoms with Crippen molar-refractivity contribution in [2.75, 3.05) is 0 Å². The first-order chi connectivity index (χ1) is 24.2. The van der Waals surface area contributed by atoms with Crippen molar-refractivity contribution in [3.05, 3.63) is 182 Å². The van der Waals surface area contributed by atoms with Crippen LogP contribution in [0.2, 0.25) is 0 Å². The molecule has 49 heavy (non-hydrogen) atoms. The molecule has 8 aromatic rings. The number of benzene rings is 7. The molecule has 0 N–H and O–H groups in total. The second-order valence-corrected chi connectivity index (χ2v) is 12.8. The molecule has 0 radical (unpaired) electrons. The van der Waals surface area contributed by atoms with Crippen LogP contribution in [0.5, 0.6) is 0 Å². The zero-order chi connectivity index (χ0) is 33.0. The Hall–Kier alpha value is -5.93. The molecule has 8 rings (SSSR count). The van der Waals surface area contributed by atoms with Crippen LogP contribution >= 0.6 is 0 Å². The van der Waals surface area contributed by atoms with Gasteiger partial charge in [-0.15, -0.1) is 0 Å². The van der Waals surface area contributed by atoms with E-state index in [1.54, 1.807) is 0 Å². The van der Waals surface area contributed by atoms with E-state index in [1.165, 1.54) is 15.6 Å². The van der Waals surface area contributed by atoms with Gasteiger partial charge in [-0.1, -0.05) is 60.7 Å². The van der Waals surface area contributed by atoms with Crippen LogP contribution in [0.1, 0.15) is 1.43 Å². The van der Waals surface area contributed by atoms with Crippen LogP contribution in [0.4, 0.5) is 0 Å². The summed E-state index contributed by atoms with van der Waals surface area (Å²) in [5, 5.41) is 0. The molecule has 7 aromatic carbocycles. The Bertz CT molecular complexity index is 2300. The molecule has 0 bridgehead atoms. The summed E-state index contributed by atoms with van der Waals surface area (Å²) in [7, 11) is 0. The summed E-state index contributed by atoms with van der Waals surface area (Å²) in [5.74, 6) is 1.89. The van der Waals surface area contributed by atoms with Crippen LogP contribution in [0.15, 0.2) is 182 Å². The van der Waals surface area contributed by atoms with Crippen molar-refractivity contribution in [2.45, 2.75) is 0 Å². The minimum absolute atomic E-state index is 0. The van der Waals surface area contributed by atoms with E-state index < -0.39 is 0 Å². The summed E-state index contributed by atoms with van der Waals surface area (Å²) in [6.07, 6.45) is 0. The topological polar surface area (TPSA) is 38.7 Å². The van der Waals surface area contributed by atoms with Crippen molar-refractivity contribution >= 4 is 20.5 Å². The summed E-state index contributed by atoms with van der Waals surface area (Å²) in [6, 6.07) is 63.1. The molecule has 0 spiro atoms. The first-order valence-electron chi connectivity index (χ1n) is 16.3. The molecule has 1 heterocycles. The molecule has 0 atom stereocenters. The van der Waals surface area contributed by atoms with Crippen LogP contribution in [-0.2, 0) is 0 Å².